The fraction of sp³-hybridized carbons (Fsp3) is 0.279. The molecule has 0 radical (unpaired) electrons. The van der Waals surface area contributed by atoms with Gasteiger partial charge in [0.1, 0.15) is 34.7 Å². The molecule has 0 spiro atoms. The van der Waals surface area contributed by atoms with Crippen molar-refractivity contribution in [3.05, 3.63) is 129 Å². The van der Waals surface area contributed by atoms with Gasteiger partial charge in [-0.25, -0.2) is 0 Å². The van der Waals surface area contributed by atoms with Gasteiger partial charge in [-0.05, 0) is 112 Å². The van der Waals surface area contributed by atoms with Crippen LogP contribution in [0, 0.1) is 11.3 Å². The van der Waals surface area contributed by atoms with Crippen molar-refractivity contribution in [2.24, 2.45) is 7.05 Å². The molecule has 1 aliphatic rings. The molecule has 1 amide bonds. The van der Waals surface area contributed by atoms with Gasteiger partial charge in [0.25, 0.3) is 11.5 Å². The summed E-state index contributed by atoms with van der Waals surface area (Å²) in [5, 5.41) is 35.7. The van der Waals surface area contributed by atoms with Crippen LogP contribution in [0.2, 0.25) is 5.02 Å². The van der Waals surface area contributed by atoms with Gasteiger partial charge in [0, 0.05) is 54.6 Å². The Labute approximate surface area is 329 Å². The number of aromatic amines is 1. The highest BCUT2D eigenvalue weighted by Gasteiger charge is 2.25. The van der Waals surface area contributed by atoms with Gasteiger partial charge in [-0.15, -0.1) is 10.2 Å². The van der Waals surface area contributed by atoms with Crippen LogP contribution in [-0.2, 0) is 19.1 Å². The van der Waals surface area contributed by atoms with Crippen molar-refractivity contribution >= 4 is 34.2 Å². The zero-order valence-electron chi connectivity index (χ0n) is 31.3. The number of carbonyl (C=O) groups excluding carboxylic acids is 1. The van der Waals surface area contributed by atoms with Crippen molar-refractivity contribution in [3.8, 4) is 34.4 Å². The number of aryl methyl sites for hydroxylation is 1. The third-order valence-electron chi connectivity index (χ3n) is 10.0. The standard InChI is InChI=1S/C43H42ClN7O5/c1-43(2,54)28-7-16-38(34(22-28)35-25-51(3)42(53)40-33(35)19-21-47-40)56-31-10-4-26(5-11-31)18-20-46-39-17-15-37(49-50-39)41(52)48-29-8-13-30(14-9-29)55-32-12-6-27(24-45)36(44)23-32/h4-7,10-12,15-17,19,21-23,25,29-30,47,54H,8-9,13-14,18,20H2,1-3H3,(H,46,50)(H,48,52). The molecule has 0 bridgehead atoms. The Hall–Kier alpha value is -6.16. The highest BCUT2D eigenvalue weighted by molar-refractivity contribution is 6.31. The number of pyridine rings is 1. The van der Waals surface area contributed by atoms with Crippen molar-refractivity contribution in [1.29, 1.82) is 5.26 Å². The van der Waals surface area contributed by atoms with E-state index in [9.17, 15) is 14.7 Å². The van der Waals surface area contributed by atoms with E-state index >= 15 is 0 Å². The molecule has 0 atom stereocenters. The van der Waals surface area contributed by atoms with E-state index in [4.69, 9.17) is 26.3 Å². The molecule has 3 aromatic carbocycles. The number of aromatic nitrogens is 4. The topological polar surface area (TPSA) is 167 Å². The van der Waals surface area contributed by atoms with E-state index in [-0.39, 0.29) is 29.3 Å². The molecular formula is C43H42ClN7O5. The van der Waals surface area contributed by atoms with Gasteiger partial charge in [-0.2, -0.15) is 5.26 Å². The average Bonchev–Trinajstić information content (AvgIpc) is 3.69. The molecule has 0 aliphatic heterocycles. The van der Waals surface area contributed by atoms with Gasteiger partial charge >= 0.3 is 0 Å². The van der Waals surface area contributed by atoms with E-state index in [0.29, 0.717) is 52.1 Å². The SMILES string of the molecule is Cn1cc(-c2cc(C(C)(C)O)ccc2Oc2ccc(CCNc3ccc(C(=O)NC4CCC(Oc5ccc(C#N)c(Cl)c5)CC4)nn3)cc2)c2cc[nH]c2c1=O. The maximum absolute atomic E-state index is 12.9. The third kappa shape index (κ3) is 8.70. The monoisotopic (exact) mass is 771 g/mol. The van der Waals surface area contributed by atoms with E-state index in [2.05, 4.69) is 25.8 Å². The number of amides is 1. The second kappa shape index (κ2) is 16.3. The zero-order valence-corrected chi connectivity index (χ0v) is 32.1. The number of fused-ring (bicyclic) bond motifs is 1. The Kier molecular flexibility index (Phi) is 11.1. The van der Waals surface area contributed by atoms with Gasteiger partial charge in [0.15, 0.2) is 5.69 Å². The summed E-state index contributed by atoms with van der Waals surface area (Å²) in [6.45, 7) is 4.07. The summed E-state index contributed by atoms with van der Waals surface area (Å²) in [5.41, 5.74) is 3.32. The van der Waals surface area contributed by atoms with Crippen molar-refractivity contribution in [3.63, 3.8) is 0 Å². The predicted molar refractivity (Wildman–Crippen MR) is 215 cm³/mol. The van der Waals surface area contributed by atoms with Crippen LogP contribution in [0.5, 0.6) is 17.2 Å². The smallest absolute Gasteiger partial charge is 0.274 e. The van der Waals surface area contributed by atoms with Crippen molar-refractivity contribution in [1.82, 2.24) is 25.1 Å². The van der Waals surface area contributed by atoms with Gasteiger partial charge in [-0.1, -0.05) is 29.8 Å². The van der Waals surface area contributed by atoms with Crippen LogP contribution in [0.4, 0.5) is 5.82 Å². The number of rotatable bonds is 12. The quantitative estimate of drug-likeness (QED) is 0.0978. The molecule has 7 rings (SSSR count). The normalized spacial score (nSPS) is 15.6. The Morgan fingerprint density at radius 1 is 1.00 bits per heavy atom. The van der Waals surface area contributed by atoms with Crippen LogP contribution in [0.3, 0.4) is 0 Å². The van der Waals surface area contributed by atoms with Gasteiger partial charge in [0.05, 0.1) is 22.3 Å². The molecule has 56 heavy (non-hydrogen) atoms. The molecule has 286 valence electrons. The largest absolute Gasteiger partial charge is 0.490 e. The first kappa shape index (κ1) is 38.1. The molecule has 1 aliphatic carbocycles. The van der Waals surface area contributed by atoms with Crippen molar-refractivity contribution in [2.45, 2.75) is 63.7 Å². The average molecular weight is 772 g/mol. The molecule has 13 heteroatoms. The minimum Gasteiger partial charge on any atom is -0.490 e. The zero-order chi connectivity index (χ0) is 39.4. The number of hydrogen-bond acceptors (Lipinski definition) is 9. The second-order valence-electron chi connectivity index (χ2n) is 14.5. The van der Waals surface area contributed by atoms with E-state index in [0.717, 1.165) is 53.3 Å². The van der Waals surface area contributed by atoms with Crippen LogP contribution in [0.15, 0.2) is 96.1 Å². The molecule has 0 saturated heterocycles. The first-order valence-electron chi connectivity index (χ1n) is 18.5. The summed E-state index contributed by atoms with van der Waals surface area (Å²) < 4.78 is 14.0. The first-order chi connectivity index (χ1) is 26.9. The fourth-order valence-electron chi connectivity index (χ4n) is 6.86. The van der Waals surface area contributed by atoms with Crippen LogP contribution < -0.4 is 25.7 Å². The Bertz CT molecular complexity index is 2460. The summed E-state index contributed by atoms with van der Waals surface area (Å²) >= 11 is 6.14. The lowest BCUT2D eigenvalue weighted by molar-refractivity contribution is 0.0786. The lowest BCUT2D eigenvalue weighted by atomic mass is 9.93. The van der Waals surface area contributed by atoms with Gasteiger partial charge in [0.2, 0.25) is 0 Å². The Balaban J connectivity index is 0.906. The third-order valence-corrected chi connectivity index (χ3v) is 10.3. The number of hydrogen-bond donors (Lipinski definition) is 4. The van der Waals surface area contributed by atoms with E-state index < -0.39 is 5.60 Å². The number of ether oxygens (including phenoxy) is 2. The van der Waals surface area contributed by atoms with Crippen molar-refractivity contribution in [2.75, 3.05) is 11.9 Å². The van der Waals surface area contributed by atoms with Crippen LogP contribution in [0.1, 0.15) is 66.7 Å². The van der Waals surface area contributed by atoms with Crippen LogP contribution >= 0.6 is 11.6 Å². The Morgan fingerprint density at radius 2 is 1.77 bits per heavy atom. The lowest BCUT2D eigenvalue weighted by Gasteiger charge is -2.29. The Morgan fingerprint density at radius 3 is 2.46 bits per heavy atom. The fourth-order valence-corrected chi connectivity index (χ4v) is 7.08. The molecule has 6 aromatic rings. The van der Waals surface area contributed by atoms with Gasteiger partial charge < -0.3 is 34.8 Å². The molecule has 3 aromatic heterocycles. The number of aliphatic hydroxyl groups is 1. The molecule has 4 N–H and O–H groups in total. The minimum atomic E-state index is -1.08. The van der Waals surface area contributed by atoms with E-state index in [1.807, 2.05) is 54.6 Å². The first-order valence-corrected chi connectivity index (χ1v) is 18.9. The molecule has 1 saturated carbocycles. The number of nitrogens with one attached hydrogen (secondary N) is 3. The van der Waals surface area contributed by atoms with E-state index in [1.54, 1.807) is 63.6 Å². The number of nitriles is 1. The number of anilines is 1. The van der Waals surface area contributed by atoms with Crippen LogP contribution in [0.25, 0.3) is 22.0 Å². The maximum Gasteiger partial charge on any atom is 0.274 e. The molecule has 0 unspecified atom stereocenters. The number of halogens is 1. The maximum atomic E-state index is 12.9. The summed E-state index contributed by atoms with van der Waals surface area (Å²) in [4.78, 5) is 28.7. The summed E-state index contributed by atoms with van der Waals surface area (Å²) in [5.74, 6) is 2.17. The molecular weight excluding hydrogens is 730 g/mol. The van der Waals surface area contributed by atoms with E-state index in [1.165, 1.54) is 4.57 Å². The summed E-state index contributed by atoms with van der Waals surface area (Å²) in [6.07, 6.45) is 7.36. The van der Waals surface area contributed by atoms with Gasteiger partial charge in [-0.3, -0.25) is 9.59 Å². The van der Waals surface area contributed by atoms with Crippen molar-refractivity contribution < 1.29 is 19.4 Å². The van der Waals surface area contributed by atoms with Crippen LogP contribution in [-0.4, -0.2) is 49.5 Å². The number of benzene rings is 3. The predicted octanol–water partition coefficient (Wildman–Crippen LogP) is 7.64. The highest BCUT2D eigenvalue weighted by Crippen LogP contribution is 2.39. The summed E-state index contributed by atoms with van der Waals surface area (Å²) in [6, 6.07) is 25.8. The number of H-pyrrole nitrogens is 1. The molecule has 12 nitrogen and oxygen atoms in total. The number of carbonyl (C=O) groups is 1. The second-order valence-corrected chi connectivity index (χ2v) is 14.9. The molecule has 1 fully saturated rings. The highest BCUT2D eigenvalue weighted by atomic mass is 35.5. The summed E-state index contributed by atoms with van der Waals surface area (Å²) in [7, 11) is 1.71. The number of nitrogens with zero attached hydrogens (tertiary/aromatic N) is 4. The molecule has 3 heterocycles. The lowest BCUT2D eigenvalue weighted by Crippen LogP contribution is -2.40. The minimum absolute atomic E-state index is 0.0110.